The van der Waals surface area contributed by atoms with Gasteiger partial charge in [-0.2, -0.15) is 0 Å². The summed E-state index contributed by atoms with van der Waals surface area (Å²) in [6.07, 6.45) is -1.16. The summed E-state index contributed by atoms with van der Waals surface area (Å²) in [5.74, 6) is -2.65. The van der Waals surface area contributed by atoms with E-state index < -0.39 is 29.6 Å². The number of carbonyl (C=O) groups excluding carboxylic acids is 2. The summed E-state index contributed by atoms with van der Waals surface area (Å²) < 4.78 is 31.9. The van der Waals surface area contributed by atoms with E-state index in [0.717, 1.165) is 6.07 Å². The monoisotopic (exact) mass is 319 g/mol. The van der Waals surface area contributed by atoms with Crippen LogP contribution < -0.4 is 5.32 Å². The number of hydrogen-bond donors (Lipinski definition) is 1. The van der Waals surface area contributed by atoms with Crippen molar-refractivity contribution < 1.29 is 23.1 Å². The van der Waals surface area contributed by atoms with Crippen LogP contribution in [-0.2, 0) is 9.53 Å². The molecule has 2 rings (SSSR count). The number of amides is 1. The number of benzene rings is 2. The first kappa shape index (κ1) is 16.6. The molecule has 120 valence electrons. The molecule has 1 N–H and O–H groups in total. The van der Waals surface area contributed by atoms with Gasteiger partial charge in [0.15, 0.2) is 6.10 Å². The highest BCUT2D eigenvalue weighted by atomic mass is 19.1. The van der Waals surface area contributed by atoms with Crippen molar-refractivity contribution in [2.24, 2.45) is 0 Å². The second kappa shape index (κ2) is 7.00. The van der Waals surface area contributed by atoms with Gasteiger partial charge in [0.05, 0.1) is 11.3 Å². The maximum absolute atomic E-state index is 13.5. The molecule has 0 aliphatic heterocycles. The Morgan fingerprint density at radius 3 is 2.43 bits per heavy atom. The van der Waals surface area contributed by atoms with Crippen molar-refractivity contribution in [3.8, 4) is 0 Å². The van der Waals surface area contributed by atoms with E-state index in [-0.39, 0.29) is 11.3 Å². The molecule has 2 aromatic carbocycles. The number of nitrogens with one attached hydrogen (secondary N) is 1. The Morgan fingerprint density at radius 2 is 1.78 bits per heavy atom. The molecule has 4 nitrogen and oxygen atoms in total. The second-order valence-electron chi connectivity index (χ2n) is 4.98. The zero-order chi connectivity index (χ0) is 17.0. The topological polar surface area (TPSA) is 55.4 Å². The molecule has 1 amide bonds. The summed E-state index contributed by atoms with van der Waals surface area (Å²) in [6.45, 7) is 2.91. The summed E-state index contributed by atoms with van der Waals surface area (Å²) in [6, 6.07) is 9.51. The predicted octanol–water partition coefficient (Wildman–Crippen LogP) is 3.46. The van der Waals surface area contributed by atoms with E-state index in [2.05, 4.69) is 5.32 Å². The molecule has 23 heavy (non-hydrogen) atoms. The van der Waals surface area contributed by atoms with Crippen molar-refractivity contribution in [1.82, 2.24) is 0 Å². The van der Waals surface area contributed by atoms with Gasteiger partial charge in [-0.15, -0.1) is 0 Å². The summed E-state index contributed by atoms with van der Waals surface area (Å²) in [4.78, 5) is 23.8. The number of anilines is 1. The number of hydrogen-bond acceptors (Lipinski definition) is 3. The molecule has 0 spiro atoms. The molecule has 0 fully saturated rings. The summed E-state index contributed by atoms with van der Waals surface area (Å²) in [7, 11) is 0. The Kier molecular flexibility index (Phi) is 5.05. The first-order valence-corrected chi connectivity index (χ1v) is 6.91. The largest absolute Gasteiger partial charge is 0.449 e. The van der Waals surface area contributed by atoms with Gasteiger partial charge in [-0.25, -0.2) is 13.6 Å². The Morgan fingerprint density at radius 1 is 1.09 bits per heavy atom. The Labute approximate surface area is 132 Å². The van der Waals surface area contributed by atoms with Gasteiger partial charge in [0, 0.05) is 0 Å². The van der Waals surface area contributed by atoms with Crippen LogP contribution in [0.5, 0.6) is 0 Å². The molecule has 1 unspecified atom stereocenters. The molecule has 0 aliphatic rings. The average Bonchev–Trinajstić information content (AvgIpc) is 2.52. The van der Waals surface area contributed by atoms with Gasteiger partial charge in [-0.3, -0.25) is 4.79 Å². The highest BCUT2D eigenvalue weighted by molar-refractivity contribution is 5.97. The summed E-state index contributed by atoms with van der Waals surface area (Å²) >= 11 is 0. The van der Waals surface area contributed by atoms with Gasteiger partial charge < -0.3 is 10.1 Å². The second-order valence-corrected chi connectivity index (χ2v) is 4.98. The van der Waals surface area contributed by atoms with Crippen molar-refractivity contribution in [2.45, 2.75) is 20.0 Å². The third kappa shape index (κ3) is 4.12. The van der Waals surface area contributed by atoms with Crippen LogP contribution in [0.25, 0.3) is 0 Å². The highest BCUT2D eigenvalue weighted by Crippen LogP contribution is 2.14. The molecule has 0 saturated carbocycles. The lowest BCUT2D eigenvalue weighted by Gasteiger charge is -2.14. The SMILES string of the molecule is Cc1ccc(C(=O)OC(C)C(=O)Nc2ccccc2F)cc1F. The van der Waals surface area contributed by atoms with E-state index in [1.807, 2.05) is 0 Å². The fraction of sp³-hybridized carbons (Fsp3) is 0.176. The molecule has 6 heteroatoms. The number of para-hydroxylation sites is 1. The number of aryl methyl sites for hydroxylation is 1. The fourth-order valence-electron chi connectivity index (χ4n) is 1.80. The van der Waals surface area contributed by atoms with Crippen LogP contribution in [0.1, 0.15) is 22.8 Å². The van der Waals surface area contributed by atoms with E-state index in [1.165, 1.54) is 37.3 Å². The lowest BCUT2D eigenvalue weighted by Crippen LogP contribution is -2.30. The van der Waals surface area contributed by atoms with Gasteiger partial charge in [-0.05, 0) is 43.7 Å². The molecule has 0 bridgehead atoms. The van der Waals surface area contributed by atoms with Crippen molar-refractivity contribution in [1.29, 1.82) is 0 Å². The molecule has 0 radical (unpaired) electrons. The Bertz CT molecular complexity index is 746. The van der Waals surface area contributed by atoms with E-state index in [0.29, 0.717) is 5.56 Å². The lowest BCUT2D eigenvalue weighted by atomic mass is 10.1. The van der Waals surface area contributed by atoms with Crippen LogP contribution >= 0.6 is 0 Å². The molecule has 0 aliphatic carbocycles. The van der Waals surface area contributed by atoms with Crippen LogP contribution in [0.2, 0.25) is 0 Å². The normalized spacial score (nSPS) is 11.7. The van der Waals surface area contributed by atoms with Crippen LogP contribution in [0.3, 0.4) is 0 Å². The van der Waals surface area contributed by atoms with E-state index in [1.54, 1.807) is 13.0 Å². The molecule has 2 aromatic rings. The minimum absolute atomic E-state index is 0.00126. The van der Waals surface area contributed by atoms with E-state index >= 15 is 0 Å². The highest BCUT2D eigenvalue weighted by Gasteiger charge is 2.20. The fourth-order valence-corrected chi connectivity index (χ4v) is 1.80. The number of carbonyl (C=O) groups is 2. The molecule has 1 atom stereocenters. The summed E-state index contributed by atoms with van der Waals surface area (Å²) in [5, 5.41) is 2.32. The zero-order valence-corrected chi connectivity index (χ0v) is 12.6. The minimum atomic E-state index is -1.16. The smallest absolute Gasteiger partial charge is 0.339 e. The number of esters is 1. The Hall–Kier alpha value is -2.76. The van der Waals surface area contributed by atoms with Crippen molar-refractivity contribution in [2.75, 3.05) is 5.32 Å². The van der Waals surface area contributed by atoms with Crippen molar-refractivity contribution >= 4 is 17.6 Å². The Balaban J connectivity index is 2.01. The molecule has 0 saturated heterocycles. The maximum Gasteiger partial charge on any atom is 0.339 e. The van der Waals surface area contributed by atoms with Gasteiger partial charge in [0.2, 0.25) is 0 Å². The molecular formula is C17H15F2NO3. The molecule has 0 aromatic heterocycles. The average molecular weight is 319 g/mol. The minimum Gasteiger partial charge on any atom is -0.449 e. The number of rotatable bonds is 4. The third-order valence-corrected chi connectivity index (χ3v) is 3.19. The van der Waals surface area contributed by atoms with Crippen LogP contribution in [-0.4, -0.2) is 18.0 Å². The van der Waals surface area contributed by atoms with Crippen molar-refractivity contribution in [3.63, 3.8) is 0 Å². The number of ether oxygens (including phenoxy) is 1. The quantitative estimate of drug-likeness (QED) is 0.878. The third-order valence-electron chi connectivity index (χ3n) is 3.19. The lowest BCUT2D eigenvalue weighted by molar-refractivity contribution is -0.123. The van der Waals surface area contributed by atoms with E-state index in [9.17, 15) is 18.4 Å². The van der Waals surface area contributed by atoms with Gasteiger partial charge in [-0.1, -0.05) is 18.2 Å². The molecule has 0 heterocycles. The zero-order valence-electron chi connectivity index (χ0n) is 12.6. The van der Waals surface area contributed by atoms with Crippen LogP contribution in [0.4, 0.5) is 14.5 Å². The van der Waals surface area contributed by atoms with E-state index in [4.69, 9.17) is 4.74 Å². The predicted molar refractivity (Wildman–Crippen MR) is 81.0 cm³/mol. The standard InChI is InChI=1S/C17H15F2NO3/c1-10-7-8-12(9-14(10)19)17(22)23-11(2)16(21)20-15-6-4-3-5-13(15)18/h3-9,11H,1-2H3,(H,20,21). The van der Waals surface area contributed by atoms with Crippen LogP contribution in [0, 0.1) is 18.6 Å². The first-order valence-electron chi connectivity index (χ1n) is 6.91. The van der Waals surface area contributed by atoms with Crippen LogP contribution in [0.15, 0.2) is 42.5 Å². The number of halogens is 2. The van der Waals surface area contributed by atoms with Gasteiger partial charge in [0.25, 0.3) is 5.91 Å². The maximum atomic E-state index is 13.5. The van der Waals surface area contributed by atoms with Crippen molar-refractivity contribution in [3.05, 3.63) is 65.2 Å². The van der Waals surface area contributed by atoms with Gasteiger partial charge in [0.1, 0.15) is 11.6 Å². The first-order chi connectivity index (χ1) is 10.9. The van der Waals surface area contributed by atoms with Gasteiger partial charge >= 0.3 is 5.97 Å². The summed E-state index contributed by atoms with van der Waals surface area (Å²) in [5.41, 5.74) is 0.382. The molecular weight excluding hydrogens is 304 g/mol.